The molecule has 0 aliphatic rings. The predicted octanol–water partition coefficient (Wildman–Crippen LogP) is 2.33. The number of carbonyl (C=O) groups excluding carboxylic acids is 1. The van der Waals surface area contributed by atoms with Gasteiger partial charge in [0, 0.05) is 25.9 Å². The fraction of sp³-hybridized carbons (Fsp3) is 0.417. The van der Waals surface area contributed by atoms with Gasteiger partial charge >= 0.3 is 0 Å². The molecule has 0 aromatic heterocycles. The number of amides is 1. The maximum absolute atomic E-state index is 11.5. The summed E-state index contributed by atoms with van der Waals surface area (Å²) in [4.78, 5) is 11.5. The van der Waals surface area contributed by atoms with E-state index in [2.05, 4.69) is 37.2 Å². The van der Waals surface area contributed by atoms with Crippen LogP contribution in [0.15, 0.2) is 21.1 Å². The van der Waals surface area contributed by atoms with Gasteiger partial charge in [-0.25, -0.2) is 0 Å². The third-order valence-corrected chi connectivity index (χ3v) is 3.39. The molecule has 0 heterocycles. The number of ether oxygens (including phenoxy) is 2. The van der Waals surface area contributed by atoms with Crippen LogP contribution in [-0.2, 0) is 9.53 Å². The second-order valence-electron chi connectivity index (χ2n) is 3.80. The third-order valence-electron chi connectivity index (χ3n) is 2.22. The molecule has 1 rings (SSSR count). The summed E-state index contributed by atoms with van der Waals surface area (Å²) in [5.41, 5.74) is 6.28. The second kappa shape index (κ2) is 8.39. The fourth-order valence-corrected chi connectivity index (χ4v) is 2.80. The molecule has 0 radical (unpaired) electrons. The van der Waals surface area contributed by atoms with Crippen molar-refractivity contribution in [1.82, 2.24) is 5.32 Å². The first-order chi connectivity index (χ1) is 9.04. The molecule has 0 saturated carbocycles. The molecule has 1 aromatic rings. The first kappa shape index (κ1) is 16.3. The SMILES string of the molecule is COCCCNC(=O)COc1c(Br)cc(N)cc1Br. The molecule has 7 heteroatoms. The van der Waals surface area contributed by atoms with Crippen LogP contribution in [0.2, 0.25) is 0 Å². The van der Waals surface area contributed by atoms with Crippen LogP contribution in [0.4, 0.5) is 5.69 Å². The molecule has 1 amide bonds. The monoisotopic (exact) mass is 394 g/mol. The molecule has 0 aliphatic heterocycles. The van der Waals surface area contributed by atoms with E-state index in [0.29, 0.717) is 33.5 Å². The lowest BCUT2D eigenvalue weighted by Crippen LogP contribution is -2.30. The summed E-state index contributed by atoms with van der Waals surface area (Å²) in [5.74, 6) is 0.382. The van der Waals surface area contributed by atoms with E-state index in [1.807, 2.05) is 0 Å². The van der Waals surface area contributed by atoms with E-state index in [-0.39, 0.29) is 12.5 Å². The van der Waals surface area contributed by atoms with E-state index in [1.54, 1.807) is 19.2 Å². The Balaban J connectivity index is 2.42. The van der Waals surface area contributed by atoms with Crippen LogP contribution in [0.3, 0.4) is 0 Å². The van der Waals surface area contributed by atoms with Crippen LogP contribution in [0.5, 0.6) is 5.75 Å². The molecule has 106 valence electrons. The average molecular weight is 396 g/mol. The van der Waals surface area contributed by atoms with Crippen LogP contribution >= 0.6 is 31.9 Å². The second-order valence-corrected chi connectivity index (χ2v) is 5.51. The molecule has 0 atom stereocenters. The number of nitrogens with two attached hydrogens (primary N) is 1. The minimum atomic E-state index is -0.174. The summed E-state index contributed by atoms with van der Waals surface area (Å²) >= 11 is 6.68. The Morgan fingerprint density at radius 1 is 1.37 bits per heavy atom. The lowest BCUT2D eigenvalue weighted by Gasteiger charge is -2.11. The van der Waals surface area contributed by atoms with Crippen LogP contribution in [-0.4, -0.2) is 32.8 Å². The number of rotatable bonds is 7. The van der Waals surface area contributed by atoms with Crippen molar-refractivity contribution in [2.45, 2.75) is 6.42 Å². The molecule has 0 unspecified atom stereocenters. The molecule has 19 heavy (non-hydrogen) atoms. The number of hydrogen-bond acceptors (Lipinski definition) is 4. The van der Waals surface area contributed by atoms with Crippen LogP contribution in [0, 0.1) is 0 Å². The van der Waals surface area contributed by atoms with Gasteiger partial charge in [0.25, 0.3) is 5.91 Å². The highest BCUT2D eigenvalue weighted by atomic mass is 79.9. The first-order valence-corrected chi connectivity index (χ1v) is 7.26. The zero-order valence-corrected chi connectivity index (χ0v) is 13.7. The van der Waals surface area contributed by atoms with Gasteiger partial charge in [-0.15, -0.1) is 0 Å². The molecular weight excluding hydrogens is 380 g/mol. The van der Waals surface area contributed by atoms with Gasteiger partial charge in [-0.3, -0.25) is 4.79 Å². The van der Waals surface area contributed by atoms with Crippen molar-refractivity contribution in [2.75, 3.05) is 32.6 Å². The predicted molar refractivity (Wildman–Crippen MR) is 81.3 cm³/mol. The average Bonchev–Trinajstić information content (AvgIpc) is 2.33. The molecule has 0 spiro atoms. The number of hydrogen-bond donors (Lipinski definition) is 2. The highest BCUT2D eigenvalue weighted by Gasteiger charge is 2.10. The van der Waals surface area contributed by atoms with Gasteiger partial charge in [0.15, 0.2) is 6.61 Å². The standard InChI is InChI=1S/C12H16Br2N2O3/c1-18-4-2-3-16-11(17)7-19-12-9(13)5-8(15)6-10(12)14/h5-6H,2-4,7,15H2,1H3,(H,16,17). The number of anilines is 1. The number of halogens is 2. The lowest BCUT2D eigenvalue weighted by atomic mass is 10.3. The Hall–Kier alpha value is -0.790. The third kappa shape index (κ3) is 5.80. The van der Waals surface area contributed by atoms with E-state index < -0.39 is 0 Å². The summed E-state index contributed by atoms with van der Waals surface area (Å²) in [5, 5.41) is 2.74. The van der Waals surface area contributed by atoms with Crippen LogP contribution in [0.1, 0.15) is 6.42 Å². The molecule has 5 nitrogen and oxygen atoms in total. The number of nitrogens with one attached hydrogen (secondary N) is 1. The summed E-state index contributed by atoms with van der Waals surface area (Å²) in [6, 6.07) is 3.44. The van der Waals surface area contributed by atoms with E-state index in [1.165, 1.54) is 0 Å². The van der Waals surface area contributed by atoms with Crippen molar-refractivity contribution >= 4 is 43.5 Å². The van der Waals surface area contributed by atoms with Crippen molar-refractivity contribution in [3.05, 3.63) is 21.1 Å². The van der Waals surface area contributed by atoms with Gasteiger partial charge in [0.05, 0.1) is 8.95 Å². The van der Waals surface area contributed by atoms with Gasteiger partial charge in [-0.1, -0.05) is 0 Å². The van der Waals surface area contributed by atoms with Crippen molar-refractivity contribution < 1.29 is 14.3 Å². The molecular formula is C12H16Br2N2O3. The van der Waals surface area contributed by atoms with E-state index in [9.17, 15) is 4.79 Å². The molecule has 0 aliphatic carbocycles. The summed E-state index contributed by atoms with van der Waals surface area (Å²) in [7, 11) is 1.63. The van der Waals surface area contributed by atoms with Gasteiger partial charge in [0.2, 0.25) is 0 Å². The number of nitrogen functional groups attached to an aromatic ring is 1. The highest BCUT2D eigenvalue weighted by Crippen LogP contribution is 2.35. The summed E-state index contributed by atoms with van der Waals surface area (Å²) in [6.07, 6.45) is 0.775. The highest BCUT2D eigenvalue weighted by molar-refractivity contribution is 9.11. The topological polar surface area (TPSA) is 73.6 Å². The summed E-state index contributed by atoms with van der Waals surface area (Å²) in [6.45, 7) is 1.14. The van der Waals surface area contributed by atoms with Gasteiger partial charge < -0.3 is 20.5 Å². The molecule has 0 saturated heterocycles. The maximum atomic E-state index is 11.5. The van der Waals surface area contributed by atoms with Gasteiger partial charge in [-0.05, 0) is 50.4 Å². The summed E-state index contributed by atoms with van der Waals surface area (Å²) < 4.78 is 11.7. The molecule has 0 fully saturated rings. The zero-order chi connectivity index (χ0) is 14.3. The maximum Gasteiger partial charge on any atom is 0.257 e. The molecule has 0 bridgehead atoms. The lowest BCUT2D eigenvalue weighted by molar-refractivity contribution is -0.123. The van der Waals surface area contributed by atoms with Crippen molar-refractivity contribution in [3.63, 3.8) is 0 Å². The van der Waals surface area contributed by atoms with Crippen molar-refractivity contribution in [2.24, 2.45) is 0 Å². The van der Waals surface area contributed by atoms with E-state index in [4.69, 9.17) is 15.2 Å². The van der Waals surface area contributed by atoms with Crippen LogP contribution in [0.25, 0.3) is 0 Å². The van der Waals surface area contributed by atoms with Crippen molar-refractivity contribution in [3.8, 4) is 5.75 Å². The van der Waals surface area contributed by atoms with E-state index in [0.717, 1.165) is 6.42 Å². The molecule has 1 aromatic carbocycles. The smallest absolute Gasteiger partial charge is 0.257 e. The number of benzene rings is 1. The quantitative estimate of drug-likeness (QED) is 0.548. The van der Waals surface area contributed by atoms with Crippen molar-refractivity contribution in [1.29, 1.82) is 0 Å². The Labute approximate surface area is 129 Å². The minimum absolute atomic E-state index is 0.0475. The number of carbonyl (C=O) groups is 1. The largest absolute Gasteiger partial charge is 0.481 e. The van der Waals surface area contributed by atoms with Gasteiger partial charge in [-0.2, -0.15) is 0 Å². The Bertz CT molecular complexity index is 418. The molecule has 3 N–H and O–H groups in total. The zero-order valence-electron chi connectivity index (χ0n) is 10.5. The van der Waals surface area contributed by atoms with Gasteiger partial charge in [0.1, 0.15) is 5.75 Å². The number of methoxy groups -OCH3 is 1. The van der Waals surface area contributed by atoms with E-state index >= 15 is 0 Å². The Kier molecular flexibility index (Phi) is 7.19. The Morgan fingerprint density at radius 3 is 2.58 bits per heavy atom. The van der Waals surface area contributed by atoms with Crippen LogP contribution < -0.4 is 15.8 Å². The fourth-order valence-electron chi connectivity index (χ4n) is 1.35. The first-order valence-electron chi connectivity index (χ1n) is 5.67. The minimum Gasteiger partial charge on any atom is -0.481 e. The normalized spacial score (nSPS) is 10.3. The Morgan fingerprint density at radius 2 is 2.00 bits per heavy atom.